The molecule has 4 fully saturated rings. The molecule has 0 bridgehead atoms. The fraction of sp³-hybridized carbons (Fsp3) is 1.00. The Bertz CT molecular complexity index is 274. The molecule has 0 heteroatoms. The predicted octanol–water partition coefficient (Wildman–Crippen LogP) is 5.95. The maximum absolute atomic E-state index is 1.61. The second-order valence-electron chi connectivity index (χ2n) is 8.17. The lowest BCUT2D eigenvalue weighted by Gasteiger charge is -2.40. The maximum atomic E-state index is 1.61. The molecule has 0 aromatic heterocycles. The predicted molar refractivity (Wildman–Crippen MR) is 81.0 cm³/mol. The number of hydrogen-bond donors (Lipinski definition) is 0. The molecule has 0 unspecified atom stereocenters. The second-order valence-corrected chi connectivity index (χ2v) is 8.17. The Labute approximate surface area is 119 Å². The minimum atomic E-state index is 0.886. The zero-order chi connectivity index (χ0) is 12.7. The fourth-order valence-electron chi connectivity index (χ4n) is 6.97. The van der Waals surface area contributed by atoms with Gasteiger partial charge < -0.3 is 0 Å². The van der Waals surface area contributed by atoms with Crippen LogP contribution in [0.25, 0.3) is 0 Å². The molecule has 19 heavy (non-hydrogen) atoms. The van der Waals surface area contributed by atoms with Crippen molar-refractivity contribution in [3.63, 3.8) is 0 Å². The third-order valence-corrected chi connectivity index (χ3v) is 7.57. The van der Waals surface area contributed by atoms with Crippen LogP contribution in [0.1, 0.15) is 89.9 Å². The summed E-state index contributed by atoms with van der Waals surface area (Å²) >= 11 is 0. The molecule has 4 aliphatic carbocycles. The molecule has 0 nitrogen and oxygen atoms in total. The first kappa shape index (κ1) is 12.7. The molecule has 0 spiro atoms. The largest absolute Gasteiger partial charge is 0.0533 e. The summed E-state index contributed by atoms with van der Waals surface area (Å²) in [5.74, 6) is 4.68. The summed E-state index contributed by atoms with van der Waals surface area (Å²) in [5.41, 5.74) is 0.886. The lowest BCUT2D eigenvalue weighted by Crippen LogP contribution is -2.32. The van der Waals surface area contributed by atoms with Gasteiger partial charge in [-0.1, -0.05) is 51.4 Å². The van der Waals surface area contributed by atoms with Crippen molar-refractivity contribution in [3.05, 3.63) is 0 Å². The van der Waals surface area contributed by atoms with Crippen LogP contribution in [-0.4, -0.2) is 0 Å². The molecular weight excluding hydrogens is 228 g/mol. The minimum Gasteiger partial charge on any atom is -0.0533 e. The lowest BCUT2D eigenvalue weighted by molar-refractivity contribution is 0.0933. The smallest absolute Gasteiger partial charge is 0.0179 e. The Morgan fingerprint density at radius 2 is 0.789 bits per heavy atom. The van der Waals surface area contributed by atoms with Gasteiger partial charge in [-0.25, -0.2) is 0 Å². The summed E-state index contributed by atoms with van der Waals surface area (Å²) in [6.45, 7) is 0. The van der Waals surface area contributed by atoms with Crippen LogP contribution in [0.3, 0.4) is 0 Å². The Morgan fingerprint density at radius 1 is 0.421 bits per heavy atom. The van der Waals surface area contributed by atoms with Gasteiger partial charge in [-0.05, 0) is 67.6 Å². The average Bonchev–Trinajstić information content (AvgIpc) is 3.19. The molecule has 0 aliphatic heterocycles. The molecule has 0 radical (unpaired) electrons. The zero-order valence-corrected chi connectivity index (χ0v) is 12.7. The molecule has 4 saturated carbocycles. The van der Waals surface area contributed by atoms with E-state index in [0.29, 0.717) is 0 Å². The molecule has 0 saturated heterocycles. The van der Waals surface area contributed by atoms with E-state index in [9.17, 15) is 0 Å². The first-order valence-corrected chi connectivity index (χ1v) is 9.44. The van der Waals surface area contributed by atoms with E-state index in [1.165, 1.54) is 24.7 Å². The summed E-state index contributed by atoms with van der Waals surface area (Å²) in [6.07, 6.45) is 22.0. The van der Waals surface area contributed by atoms with E-state index in [4.69, 9.17) is 0 Å². The number of hydrogen-bond acceptors (Lipinski definition) is 0. The molecule has 0 aromatic rings. The second kappa shape index (κ2) is 5.08. The summed E-state index contributed by atoms with van der Waals surface area (Å²) in [6, 6.07) is 0. The zero-order valence-electron chi connectivity index (χ0n) is 12.7. The van der Waals surface area contributed by atoms with E-state index in [1.54, 1.807) is 77.0 Å². The van der Waals surface area contributed by atoms with Crippen LogP contribution >= 0.6 is 0 Å². The SMILES string of the molecule is C1CCC(C2(C3CCCCC3)[C@@H]3CCCC[C@H]32)CC1. The van der Waals surface area contributed by atoms with E-state index in [-0.39, 0.29) is 0 Å². The summed E-state index contributed by atoms with van der Waals surface area (Å²) in [4.78, 5) is 0. The van der Waals surface area contributed by atoms with Gasteiger partial charge in [0.05, 0.1) is 0 Å². The van der Waals surface area contributed by atoms with E-state index < -0.39 is 0 Å². The Hall–Kier alpha value is 0. The van der Waals surface area contributed by atoms with Gasteiger partial charge in [0, 0.05) is 0 Å². The van der Waals surface area contributed by atoms with Crippen LogP contribution in [0.5, 0.6) is 0 Å². The van der Waals surface area contributed by atoms with Crippen molar-refractivity contribution in [1.82, 2.24) is 0 Å². The Balaban J connectivity index is 1.59. The summed E-state index contributed by atoms with van der Waals surface area (Å²) in [7, 11) is 0. The first-order chi connectivity index (χ1) is 9.44. The van der Waals surface area contributed by atoms with Crippen LogP contribution < -0.4 is 0 Å². The van der Waals surface area contributed by atoms with Crippen molar-refractivity contribution in [2.24, 2.45) is 29.1 Å². The molecule has 0 aromatic carbocycles. The molecule has 0 N–H and O–H groups in total. The molecule has 108 valence electrons. The van der Waals surface area contributed by atoms with E-state index in [2.05, 4.69) is 0 Å². The Morgan fingerprint density at radius 3 is 1.21 bits per heavy atom. The monoisotopic (exact) mass is 260 g/mol. The van der Waals surface area contributed by atoms with Crippen molar-refractivity contribution < 1.29 is 0 Å². The van der Waals surface area contributed by atoms with Crippen molar-refractivity contribution >= 4 is 0 Å². The maximum Gasteiger partial charge on any atom is -0.0179 e. The number of rotatable bonds is 2. The first-order valence-electron chi connectivity index (χ1n) is 9.44. The highest BCUT2D eigenvalue weighted by molar-refractivity contribution is 5.17. The normalized spacial score (nSPS) is 39.8. The highest BCUT2D eigenvalue weighted by Crippen LogP contribution is 2.75. The molecule has 2 atom stereocenters. The molecule has 0 heterocycles. The molecular formula is C19H32. The lowest BCUT2D eigenvalue weighted by atomic mass is 9.65. The van der Waals surface area contributed by atoms with Crippen LogP contribution in [0.4, 0.5) is 0 Å². The highest BCUT2D eigenvalue weighted by Gasteiger charge is 2.69. The van der Waals surface area contributed by atoms with Crippen LogP contribution in [0.2, 0.25) is 0 Å². The van der Waals surface area contributed by atoms with Crippen molar-refractivity contribution in [2.75, 3.05) is 0 Å². The quantitative estimate of drug-likeness (QED) is 0.575. The molecule has 4 aliphatic rings. The molecule has 4 rings (SSSR count). The van der Waals surface area contributed by atoms with Gasteiger partial charge in [-0.3, -0.25) is 0 Å². The summed E-state index contributed by atoms with van der Waals surface area (Å²) in [5, 5.41) is 0. The van der Waals surface area contributed by atoms with Crippen LogP contribution in [-0.2, 0) is 0 Å². The van der Waals surface area contributed by atoms with E-state index in [1.807, 2.05) is 0 Å². The standard InChI is InChI=1S/C19H32/c1-3-9-15(10-4-1)19(16-11-5-2-6-12-16)17-13-7-8-14-18(17)19/h15-18H,1-14H2/t17-,18-/m1/s1. The van der Waals surface area contributed by atoms with Crippen LogP contribution in [0.15, 0.2) is 0 Å². The highest BCUT2D eigenvalue weighted by atomic mass is 14.7. The third-order valence-electron chi connectivity index (χ3n) is 7.57. The average molecular weight is 260 g/mol. The van der Waals surface area contributed by atoms with Crippen LogP contribution in [0, 0.1) is 29.1 Å². The van der Waals surface area contributed by atoms with Gasteiger partial charge in [0.1, 0.15) is 0 Å². The van der Waals surface area contributed by atoms with Crippen molar-refractivity contribution in [2.45, 2.75) is 89.9 Å². The van der Waals surface area contributed by atoms with Gasteiger partial charge in [0.2, 0.25) is 0 Å². The van der Waals surface area contributed by atoms with Gasteiger partial charge >= 0.3 is 0 Å². The van der Waals surface area contributed by atoms with Gasteiger partial charge in [-0.15, -0.1) is 0 Å². The van der Waals surface area contributed by atoms with E-state index in [0.717, 1.165) is 17.3 Å². The van der Waals surface area contributed by atoms with Gasteiger partial charge in [-0.2, -0.15) is 0 Å². The molecule has 0 amide bonds. The van der Waals surface area contributed by atoms with Gasteiger partial charge in [0.25, 0.3) is 0 Å². The third kappa shape index (κ3) is 1.92. The topological polar surface area (TPSA) is 0 Å². The van der Waals surface area contributed by atoms with Crippen molar-refractivity contribution in [1.29, 1.82) is 0 Å². The minimum absolute atomic E-state index is 0.886. The Kier molecular flexibility index (Phi) is 3.40. The van der Waals surface area contributed by atoms with E-state index >= 15 is 0 Å². The fourth-order valence-corrected chi connectivity index (χ4v) is 6.97. The number of fused-ring (bicyclic) bond motifs is 1. The van der Waals surface area contributed by atoms with Crippen molar-refractivity contribution in [3.8, 4) is 0 Å². The summed E-state index contributed by atoms with van der Waals surface area (Å²) < 4.78 is 0. The van der Waals surface area contributed by atoms with Gasteiger partial charge in [0.15, 0.2) is 0 Å².